The molecule has 5 heteroatoms. The minimum absolute atomic E-state index is 0.00229. The van der Waals surface area contributed by atoms with E-state index in [1.54, 1.807) is 0 Å². The standard InChI is InChI=1S/C14H23NO3S/c1-4-15-13(10-11-19(3,16)17)12-8-6-7-9-14(12)18-5-2/h6-9,13,15H,4-5,10-11H2,1-3H3. The molecule has 1 atom stereocenters. The number of nitrogens with one attached hydrogen (secondary N) is 1. The van der Waals surface area contributed by atoms with Crippen molar-refractivity contribution in [2.24, 2.45) is 0 Å². The molecule has 0 heterocycles. The van der Waals surface area contributed by atoms with Gasteiger partial charge in [0.25, 0.3) is 0 Å². The van der Waals surface area contributed by atoms with E-state index < -0.39 is 9.84 Å². The van der Waals surface area contributed by atoms with Gasteiger partial charge in [-0.25, -0.2) is 8.42 Å². The molecule has 0 aliphatic rings. The molecule has 1 unspecified atom stereocenters. The van der Waals surface area contributed by atoms with Crippen LogP contribution in [0.2, 0.25) is 0 Å². The van der Waals surface area contributed by atoms with Gasteiger partial charge in [-0.15, -0.1) is 0 Å². The zero-order valence-electron chi connectivity index (χ0n) is 11.8. The molecule has 0 radical (unpaired) electrons. The summed E-state index contributed by atoms with van der Waals surface area (Å²) < 4.78 is 28.3. The van der Waals surface area contributed by atoms with Crippen LogP contribution in [0.3, 0.4) is 0 Å². The molecule has 0 bridgehead atoms. The van der Waals surface area contributed by atoms with Crippen LogP contribution in [0.15, 0.2) is 24.3 Å². The number of rotatable bonds is 8. The van der Waals surface area contributed by atoms with E-state index in [1.165, 1.54) is 6.26 Å². The fraction of sp³-hybridized carbons (Fsp3) is 0.571. The Labute approximate surface area is 116 Å². The summed E-state index contributed by atoms with van der Waals surface area (Å²) in [4.78, 5) is 0. The van der Waals surface area contributed by atoms with Gasteiger partial charge < -0.3 is 10.1 Å². The van der Waals surface area contributed by atoms with E-state index in [2.05, 4.69) is 5.32 Å². The molecule has 0 aliphatic carbocycles. The molecular weight excluding hydrogens is 262 g/mol. The molecule has 0 saturated heterocycles. The highest BCUT2D eigenvalue weighted by Crippen LogP contribution is 2.27. The summed E-state index contributed by atoms with van der Waals surface area (Å²) in [5.41, 5.74) is 1.02. The van der Waals surface area contributed by atoms with Gasteiger partial charge in [0.15, 0.2) is 0 Å². The van der Waals surface area contributed by atoms with Gasteiger partial charge in [-0.2, -0.15) is 0 Å². The minimum Gasteiger partial charge on any atom is -0.494 e. The summed E-state index contributed by atoms with van der Waals surface area (Å²) in [6, 6.07) is 7.78. The molecule has 0 saturated carbocycles. The first-order valence-electron chi connectivity index (χ1n) is 6.60. The van der Waals surface area contributed by atoms with Crippen molar-refractivity contribution in [3.8, 4) is 5.75 Å². The summed E-state index contributed by atoms with van der Waals surface area (Å²) in [6.45, 7) is 5.34. The van der Waals surface area contributed by atoms with Crippen molar-refractivity contribution in [2.45, 2.75) is 26.3 Å². The molecule has 1 rings (SSSR count). The first-order valence-corrected chi connectivity index (χ1v) is 8.66. The Kier molecular flexibility index (Phi) is 6.31. The van der Waals surface area contributed by atoms with E-state index in [0.717, 1.165) is 17.9 Å². The fourth-order valence-electron chi connectivity index (χ4n) is 2.00. The monoisotopic (exact) mass is 285 g/mol. The van der Waals surface area contributed by atoms with E-state index in [1.807, 2.05) is 38.1 Å². The average Bonchev–Trinajstić information content (AvgIpc) is 2.35. The Morgan fingerprint density at radius 1 is 1.26 bits per heavy atom. The molecule has 1 N–H and O–H groups in total. The van der Waals surface area contributed by atoms with Crippen molar-refractivity contribution in [1.29, 1.82) is 0 Å². The Balaban J connectivity index is 2.91. The summed E-state index contributed by atoms with van der Waals surface area (Å²) in [6.07, 6.45) is 1.82. The molecule has 0 fully saturated rings. The first-order chi connectivity index (χ1) is 8.98. The van der Waals surface area contributed by atoms with Crippen LogP contribution in [0.1, 0.15) is 31.9 Å². The van der Waals surface area contributed by atoms with Gasteiger partial charge in [0.2, 0.25) is 0 Å². The van der Waals surface area contributed by atoms with Crippen molar-refractivity contribution < 1.29 is 13.2 Å². The maximum atomic E-state index is 11.3. The molecule has 0 amide bonds. The van der Waals surface area contributed by atoms with Gasteiger partial charge in [-0.1, -0.05) is 25.1 Å². The number of hydrogen-bond acceptors (Lipinski definition) is 4. The second-order valence-electron chi connectivity index (χ2n) is 4.50. The van der Waals surface area contributed by atoms with Crippen LogP contribution in [-0.2, 0) is 9.84 Å². The van der Waals surface area contributed by atoms with Gasteiger partial charge >= 0.3 is 0 Å². The molecule has 1 aromatic carbocycles. The zero-order chi connectivity index (χ0) is 14.3. The van der Waals surface area contributed by atoms with E-state index in [9.17, 15) is 8.42 Å². The lowest BCUT2D eigenvalue weighted by atomic mass is 10.0. The predicted octanol–water partition coefficient (Wildman–Crippen LogP) is 2.17. The van der Waals surface area contributed by atoms with Gasteiger partial charge in [0.05, 0.1) is 12.4 Å². The first kappa shape index (κ1) is 16.0. The number of ether oxygens (including phenoxy) is 1. The van der Waals surface area contributed by atoms with Gasteiger partial charge in [-0.05, 0) is 26.0 Å². The SMILES string of the molecule is CCNC(CCS(C)(=O)=O)c1ccccc1OCC. The van der Waals surface area contributed by atoms with Crippen molar-refractivity contribution >= 4 is 9.84 Å². The average molecular weight is 285 g/mol. The highest BCUT2D eigenvalue weighted by molar-refractivity contribution is 7.90. The Bertz CT molecular complexity index is 485. The Morgan fingerprint density at radius 3 is 2.53 bits per heavy atom. The van der Waals surface area contributed by atoms with Crippen molar-refractivity contribution in [2.75, 3.05) is 25.2 Å². The number of para-hydroxylation sites is 1. The summed E-state index contributed by atoms with van der Waals surface area (Å²) in [5, 5.41) is 3.33. The number of sulfone groups is 1. The maximum absolute atomic E-state index is 11.3. The van der Waals surface area contributed by atoms with Crippen molar-refractivity contribution in [3.63, 3.8) is 0 Å². The van der Waals surface area contributed by atoms with Gasteiger partial charge in [0, 0.05) is 17.9 Å². The normalized spacial score (nSPS) is 13.2. The van der Waals surface area contributed by atoms with Crippen LogP contribution in [-0.4, -0.2) is 33.6 Å². The Hall–Kier alpha value is -1.07. The van der Waals surface area contributed by atoms with Gasteiger partial charge in [-0.3, -0.25) is 0 Å². The highest BCUT2D eigenvalue weighted by Gasteiger charge is 2.17. The molecule has 1 aromatic rings. The van der Waals surface area contributed by atoms with Crippen molar-refractivity contribution in [1.82, 2.24) is 5.32 Å². The smallest absolute Gasteiger partial charge is 0.147 e. The van der Waals surface area contributed by atoms with Crippen LogP contribution < -0.4 is 10.1 Å². The lowest BCUT2D eigenvalue weighted by Gasteiger charge is -2.21. The molecule has 0 aromatic heterocycles. The van der Waals surface area contributed by atoms with E-state index >= 15 is 0 Å². The second-order valence-corrected chi connectivity index (χ2v) is 6.76. The third-order valence-corrected chi connectivity index (χ3v) is 3.80. The summed E-state index contributed by atoms with van der Waals surface area (Å²) in [5.74, 6) is 0.995. The van der Waals surface area contributed by atoms with Crippen molar-refractivity contribution in [3.05, 3.63) is 29.8 Å². The van der Waals surface area contributed by atoms with Crippen LogP contribution in [0, 0.1) is 0 Å². The van der Waals surface area contributed by atoms with Crippen LogP contribution >= 0.6 is 0 Å². The highest BCUT2D eigenvalue weighted by atomic mass is 32.2. The second kappa shape index (κ2) is 7.50. The lowest BCUT2D eigenvalue weighted by molar-refractivity contribution is 0.331. The Morgan fingerprint density at radius 2 is 1.95 bits per heavy atom. The molecular formula is C14H23NO3S. The lowest BCUT2D eigenvalue weighted by Crippen LogP contribution is -2.24. The predicted molar refractivity (Wildman–Crippen MR) is 78.4 cm³/mol. The van der Waals surface area contributed by atoms with E-state index in [4.69, 9.17) is 4.74 Å². The van der Waals surface area contributed by atoms with Crippen LogP contribution in [0.25, 0.3) is 0 Å². The molecule has 108 valence electrons. The molecule has 0 aliphatic heterocycles. The topological polar surface area (TPSA) is 55.4 Å². The number of benzene rings is 1. The molecule has 4 nitrogen and oxygen atoms in total. The number of hydrogen-bond donors (Lipinski definition) is 1. The molecule has 19 heavy (non-hydrogen) atoms. The quantitative estimate of drug-likeness (QED) is 0.795. The van der Waals surface area contributed by atoms with Crippen LogP contribution in [0.4, 0.5) is 0 Å². The summed E-state index contributed by atoms with van der Waals surface area (Å²) >= 11 is 0. The largest absolute Gasteiger partial charge is 0.494 e. The molecule has 0 spiro atoms. The zero-order valence-corrected chi connectivity index (χ0v) is 12.7. The minimum atomic E-state index is -2.95. The fourth-order valence-corrected chi connectivity index (χ4v) is 2.67. The van der Waals surface area contributed by atoms with E-state index in [0.29, 0.717) is 13.0 Å². The van der Waals surface area contributed by atoms with Crippen LogP contribution in [0.5, 0.6) is 5.75 Å². The maximum Gasteiger partial charge on any atom is 0.147 e. The third-order valence-electron chi connectivity index (χ3n) is 2.82. The van der Waals surface area contributed by atoms with E-state index in [-0.39, 0.29) is 11.8 Å². The van der Waals surface area contributed by atoms with Gasteiger partial charge in [0.1, 0.15) is 15.6 Å². The summed E-state index contributed by atoms with van der Waals surface area (Å²) in [7, 11) is -2.95. The third kappa shape index (κ3) is 5.61.